The Balaban J connectivity index is 2.95. The molecule has 0 aliphatic heterocycles. The van der Waals surface area contributed by atoms with Gasteiger partial charge in [-0.1, -0.05) is 15.9 Å². The number of rotatable bonds is 2. The number of hydrogen-bond acceptors (Lipinski definition) is 2. The Labute approximate surface area is 121 Å². The lowest BCUT2D eigenvalue weighted by atomic mass is 9.97. The molecule has 4 heteroatoms. The minimum absolute atomic E-state index is 0.105. The van der Waals surface area contributed by atoms with Crippen LogP contribution < -0.4 is 5.43 Å². The molecule has 0 aliphatic rings. The Bertz CT molecular complexity index is 681. The number of benzene rings is 1. The highest BCUT2D eigenvalue weighted by molar-refractivity contribution is 9.10. The van der Waals surface area contributed by atoms with Crippen LogP contribution in [0.15, 0.2) is 33.7 Å². The minimum Gasteiger partial charge on any atom is -0.386 e. The van der Waals surface area contributed by atoms with Crippen LogP contribution >= 0.6 is 15.9 Å². The number of halogens is 1. The summed E-state index contributed by atoms with van der Waals surface area (Å²) in [5, 5.41) is 10.8. The van der Waals surface area contributed by atoms with Crippen LogP contribution in [0.4, 0.5) is 0 Å². The molecule has 0 bridgehead atoms. The number of aliphatic hydroxyl groups is 1. The molecule has 1 heterocycles. The normalized spacial score (nSPS) is 12.4. The van der Waals surface area contributed by atoms with E-state index in [1.165, 1.54) is 0 Å². The average molecular weight is 324 g/mol. The fourth-order valence-electron chi connectivity index (χ4n) is 2.19. The summed E-state index contributed by atoms with van der Waals surface area (Å²) in [7, 11) is 0. The molecule has 0 amide bonds. The third kappa shape index (κ3) is 2.60. The Morgan fingerprint density at radius 1 is 1.32 bits per heavy atom. The second kappa shape index (κ2) is 4.76. The highest BCUT2D eigenvalue weighted by Crippen LogP contribution is 2.24. The summed E-state index contributed by atoms with van der Waals surface area (Å²) in [4.78, 5) is 12.5. The molecule has 2 aromatic rings. The summed E-state index contributed by atoms with van der Waals surface area (Å²) < 4.78 is 2.96. The molecule has 19 heavy (non-hydrogen) atoms. The molecule has 0 aliphatic carbocycles. The Kier molecular flexibility index (Phi) is 3.58. The number of pyridine rings is 1. The van der Waals surface area contributed by atoms with Crippen LogP contribution in [0.3, 0.4) is 0 Å². The first-order valence-corrected chi connectivity index (χ1v) is 7.08. The second-order valence-corrected chi connectivity index (χ2v) is 6.51. The van der Waals surface area contributed by atoms with Crippen LogP contribution in [0.25, 0.3) is 10.9 Å². The molecule has 0 fully saturated rings. The van der Waals surface area contributed by atoms with Crippen molar-refractivity contribution in [3.05, 3.63) is 44.7 Å². The van der Waals surface area contributed by atoms with Gasteiger partial charge in [-0.05, 0) is 45.9 Å². The Morgan fingerprint density at radius 2 is 1.95 bits per heavy atom. The molecule has 1 aromatic carbocycles. The highest BCUT2D eigenvalue weighted by Gasteiger charge is 2.23. The van der Waals surface area contributed by atoms with Crippen molar-refractivity contribution in [2.45, 2.75) is 39.3 Å². The molecule has 1 N–H and O–H groups in total. The number of nitrogens with zero attached hydrogens (tertiary/aromatic N) is 1. The van der Waals surface area contributed by atoms with Gasteiger partial charge in [-0.2, -0.15) is 0 Å². The summed E-state index contributed by atoms with van der Waals surface area (Å²) in [6, 6.07) is 5.79. The molecular weight excluding hydrogens is 306 g/mol. The standard InChI is InChI=1S/C15H18BrNO2/c1-9(2)17-8-12(15(3,4)19)14(18)11-6-5-10(16)7-13(11)17/h5-9,19H,1-4H3. The smallest absolute Gasteiger partial charge is 0.195 e. The molecule has 0 atom stereocenters. The van der Waals surface area contributed by atoms with E-state index in [-0.39, 0.29) is 11.5 Å². The zero-order valence-electron chi connectivity index (χ0n) is 11.6. The SMILES string of the molecule is CC(C)n1cc(C(C)(C)O)c(=O)c2ccc(Br)cc21. The molecular formula is C15H18BrNO2. The number of fused-ring (bicyclic) bond motifs is 1. The van der Waals surface area contributed by atoms with Crippen molar-refractivity contribution in [2.75, 3.05) is 0 Å². The summed E-state index contributed by atoms with van der Waals surface area (Å²) in [6.45, 7) is 7.39. The lowest BCUT2D eigenvalue weighted by Crippen LogP contribution is -2.27. The van der Waals surface area contributed by atoms with Gasteiger partial charge in [0.25, 0.3) is 0 Å². The molecule has 2 rings (SSSR count). The van der Waals surface area contributed by atoms with Crippen molar-refractivity contribution < 1.29 is 5.11 Å². The third-order valence-electron chi connectivity index (χ3n) is 3.21. The van der Waals surface area contributed by atoms with Gasteiger partial charge in [0.1, 0.15) is 0 Å². The van der Waals surface area contributed by atoms with Gasteiger partial charge in [-0.15, -0.1) is 0 Å². The Morgan fingerprint density at radius 3 is 2.47 bits per heavy atom. The molecule has 0 spiro atoms. The first-order chi connectivity index (χ1) is 8.71. The van der Waals surface area contributed by atoms with Crippen LogP contribution in [0, 0.1) is 0 Å². The van der Waals surface area contributed by atoms with E-state index in [2.05, 4.69) is 29.8 Å². The molecule has 3 nitrogen and oxygen atoms in total. The molecule has 0 unspecified atom stereocenters. The van der Waals surface area contributed by atoms with Crippen molar-refractivity contribution in [1.82, 2.24) is 4.57 Å². The van der Waals surface area contributed by atoms with E-state index in [9.17, 15) is 9.90 Å². The molecule has 102 valence electrons. The minimum atomic E-state index is -1.14. The second-order valence-electron chi connectivity index (χ2n) is 5.59. The predicted molar refractivity (Wildman–Crippen MR) is 81.5 cm³/mol. The lowest BCUT2D eigenvalue weighted by Gasteiger charge is -2.22. The topological polar surface area (TPSA) is 42.2 Å². The van der Waals surface area contributed by atoms with Crippen LogP contribution in [-0.2, 0) is 5.60 Å². The third-order valence-corrected chi connectivity index (χ3v) is 3.70. The van der Waals surface area contributed by atoms with E-state index in [0.29, 0.717) is 10.9 Å². The number of hydrogen-bond donors (Lipinski definition) is 1. The number of aromatic nitrogens is 1. The van der Waals surface area contributed by atoms with E-state index in [4.69, 9.17) is 0 Å². The first-order valence-electron chi connectivity index (χ1n) is 6.29. The fraction of sp³-hybridized carbons (Fsp3) is 0.400. The molecule has 0 saturated heterocycles. The van der Waals surface area contributed by atoms with E-state index in [1.807, 2.05) is 16.7 Å². The Hall–Kier alpha value is -1.13. The van der Waals surface area contributed by atoms with E-state index >= 15 is 0 Å². The van der Waals surface area contributed by atoms with Gasteiger partial charge >= 0.3 is 0 Å². The van der Waals surface area contributed by atoms with E-state index in [0.717, 1.165) is 9.99 Å². The summed E-state index contributed by atoms with van der Waals surface area (Å²) in [5.74, 6) is 0. The van der Waals surface area contributed by atoms with Gasteiger partial charge in [0.15, 0.2) is 5.43 Å². The maximum atomic E-state index is 12.5. The largest absolute Gasteiger partial charge is 0.386 e. The zero-order chi connectivity index (χ0) is 14.4. The summed E-state index contributed by atoms with van der Waals surface area (Å²) in [6.07, 6.45) is 1.77. The molecule has 0 radical (unpaired) electrons. The van der Waals surface area contributed by atoms with Crippen molar-refractivity contribution in [1.29, 1.82) is 0 Å². The predicted octanol–water partition coefficient (Wildman–Crippen LogP) is 3.57. The molecule has 1 aromatic heterocycles. The van der Waals surface area contributed by atoms with Crippen molar-refractivity contribution in [3.63, 3.8) is 0 Å². The van der Waals surface area contributed by atoms with E-state index in [1.54, 1.807) is 26.1 Å². The maximum Gasteiger partial charge on any atom is 0.195 e. The van der Waals surface area contributed by atoms with Crippen LogP contribution in [0.2, 0.25) is 0 Å². The molecule has 0 saturated carbocycles. The van der Waals surface area contributed by atoms with Crippen LogP contribution in [-0.4, -0.2) is 9.67 Å². The fourth-order valence-corrected chi connectivity index (χ4v) is 2.53. The highest BCUT2D eigenvalue weighted by atomic mass is 79.9. The van der Waals surface area contributed by atoms with E-state index < -0.39 is 5.60 Å². The average Bonchev–Trinajstić information content (AvgIpc) is 2.26. The van der Waals surface area contributed by atoms with Crippen molar-refractivity contribution in [2.24, 2.45) is 0 Å². The van der Waals surface area contributed by atoms with Crippen LogP contribution in [0.1, 0.15) is 39.3 Å². The summed E-state index contributed by atoms with van der Waals surface area (Å²) in [5.41, 5.74) is 0.0555. The maximum absolute atomic E-state index is 12.5. The van der Waals surface area contributed by atoms with Crippen molar-refractivity contribution in [3.8, 4) is 0 Å². The summed E-state index contributed by atoms with van der Waals surface area (Å²) >= 11 is 3.43. The van der Waals surface area contributed by atoms with Gasteiger partial charge in [-0.3, -0.25) is 4.79 Å². The van der Waals surface area contributed by atoms with Gasteiger partial charge in [-0.25, -0.2) is 0 Å². The first kappa shape index (κ1) is 14.3. The van der Waals surface area contributed by atoms with Crippen molar-refractivity contribution >= 4 is 26.8 Å². The monoisotopic (exact) mass is 323 g/mol. The quantitative estimate of drug-likeness (QED) is 0.917. The lowest BCUT2D eigenvalue weighted by molar-refractivity contribution is 0.0769. The van der Waals surface area contributed by atoms with Gasteiger partial charge in [0.2, 0.25) is 0 Å². The van der Waals surface area contributed by atoms with Crippen LogP contribution in [0.5, 0.6) is 0 Å². The van der Waals surface area contributed by atoms with Gasteiger partial charge < -0.3 is 9.67 Å². The van der Waals surface area contributed by atoms with Gasteiger partial charge in [0.05, 0.1) is 11.1 Å². The van der Waals surface area contributed by atoms with Gasteiger partial charge in [0, 0.05) is 27.7 Å². The zero-order valence-corrected chi connectivity index (χ0v) is 13.2.